The van der Waals surface area contributed by atoms with E-state index in [-0.39, 0.29) is 41.9 Å². The van der Waals surface area contributed by atoms with Crippen LogP contribution in [0.4, 0.5) is 17.1 Å². The Kier molecular flexibility index (Phi) is 8.72. The minimum atomic E-state index is -2.40. The van der Waals surface area contributed by atoms with Gasteiger partial charge in [0.15, 0.2) is 5.60 Å². The first-order valence-corrected chi connectivity index (χ1v) is 22.3. The Hall–Kier alpha value is -5.62. The first-order valence-electron chi connectivity index (χ1n) is 19.3. The highest BCUT2D eigenvalue weighted by Gasteiger charge is 2.66. The topological polar surface area (TPSA) is 110 Å². The number of aromatic nitrogens is 3. The third-order valence-corrected chi connectivity index (χ3v) is 17.1. The molecule has 1 saturated heterocycles. The van der Waals surface area contributed by atoms with Crippen molar-refractivity contribution in [2.75, 3.05) is 30.6 Å². The monoisotopic (exact) mass is 763 g/mol. The molecule has 1 fully saturated rings. The summed E-state index contributed by atoms with van der Waals surface area (Å²) in [6.45, 7) is 7.34. The molecule has 1 unspecified atom stereocenters. The van der Waals surface area contributed by atoms with Crippen LogP contribution in [0, 0.1) is 5.92 Å². The summed E-state index contributed by atoms with van der Waals surface area (Å²) in [5.41, 5.74) is 4.21. The molecule has 1 spiro atoms. The lowest BCUT2D eigenvalue weighted by Crippen LogP contribution is -2.51. The Morgan fingerprint density at radius 1 is 0.929 bits per heavy atom. The molecular weight excluding hydrogens is 719 g/mol. The van der Waals surface area contributed by atoms with Crippen LogP contribution in [-0.4, -0.2) is 66.9 Å². The SMILES string of the molecule is COc1ccc([Si](C)(C)[C@H]2[C@H](CCn3cc(C(CO)c4ccccc4)nn3)O[C@@]3(C(=O)N(C)c4ccc(N5C(=O)c6cccc7cccc5c67)cc43)[C@@H]2C)cc1. The van der Waals surface area contributed by atoms with Gasteiger partial charge in [-0.15, -0.1) is 5.10 Å². The summed E-state index contributed by atoms with van der Waals surface area (Å²) in [6.07, 6.45) is 2.20. The van der Waals surface area contributed by atoms with E-state index in [1.165, 1.54) is 5.19 Å². The van der Waals surface area contributed by atoms with Crippen molar-refractivity contribution in [3.05, 3.63) is 138 Å². The highest BCUT2D eigenvalue weighted by Crippen LogP contribution is 2.60. The number of likely N-dealkylation sites (N-methyl/N-ethyl adjacent to an activating group) is 1. The van der Waals surface area contributed by atoms with Gasteiger partial charge in [-0.05, 0) is 65.4 Å². The minimum Gasteiger partial charge on any atom is -0.497 e. The second kappa shape index (κ2) is 13.5. The zero-order valence-electron chi connectivity index (χ0n) is 32.2. The number of nitrogens with zero attached hydrogens (tertiary/aromatic N) is 5. The van der Waals surface area contributed by atoms with E-state index in [4.69, 9.17) is 9.47 Å². The van der Waals surface area contributed by atoms with Crippen LogP contribution in [0.5, 0.6) is 5.75 Å². The maximum absolute atomic E-state index is 14.9. The number of amides is 2. The molecule has 0 aliphatic carbocycles. The summed E-state index contributed by atoms with van der Waals surface area (Å²) in [4.78, 5) is 32.4. The smallest absolute Gasteiger partial charge is 0.264 e. The van der Waals surface area contributed by atoms with Crippen molar-refractivity contribution >= 4 is 52.9 Å². The molecule has 3 aliphatic heterocycles. The third-order valence-electron chi connectivity index (χ3n) is 12.7. The molecule has 9 rings (SSSR count). The predicted molar refractivity (Wildman–Crippen MR) is 220 cm³/mol. The summed E-state index contributed by atoms with van der Waals surface area (Å²) in [6, 6.07) is 35.9. The number of aliphatic hydroxyl groups excluding tert-OH is 1. The maximum Gasteiger partial charge on any atom is 0.264 e. The molecule has 6 aromatic rings. The van der Waals surface area contributed by atoms with E-state index in [0.717, 1.165) is 39.0 Å². The number of methoxy groups -OCH3 is 1. The van der Waals surface area contributed by atoms with Crippen LogP contribution in [0.2, 0.25) is 18.6 Å². The Bertz CT molecular complexity index is 2480. The van der Waals surface area contributed by atoms with E-state index in [0.29, 0.717) is 29.9 Å². The van der Waals surface area contributed by atoms with Crippen LogP contribution in [0.1, 0.15) is 46.4 Å². The zero-order valence-corrected chi connectivity index (χ0v) is 33.2. The van der Waals surface area contributed by atoms with Gasteiger partial charge in [0.25, 0.3) is 11.8 Å². The van der Waals surface area contributed by atoms with Gasteiger partial charge in [0.1, 0.15) is 5.75 Å². The normalized spacial score (nSPS) is 22.1. The summed E-state index contributed by atoms with van der Waals surface area (Å²) < 4.78 is 14.7. The van der Waals surface area contributed by atoms with E-state index in [1.54, 1.807) is 16.9 Å². The lowest BCUT2D eigenvalue weighted by atomic mass is 9.82. The lowest BCUT2D eigenvalue weighted by molar-refractivity contribution is -0.145. The Balaban J connectivity index is 1.10. The van der Waals surface area contributed by atoms with Crippen LogP contribution in [0.15, 0.2) is 115 Å². The molecule has 11 heteroatoms. The number of aliphatic hydroxyl groups is 1. The summed E-state index contributed by atoms with van der Waals surface area (Å²) >= 11 is 0. The van der Waals surface area contributed by atoms with Gasteiger partial charge in [-0.1, -0.05) is 97.1 Å². The van der Waals surface area contributed by atoms with Crippen LogP contribution >= 0.6 is 0 Å². The van der Waals surface area contributed by atoms with Crippen LogP contribution in [0.3, 0.4) is 0 Å². The number of hydrogen-bond donors (Lipinski definition) is 1. The van der Waals surface area contributed by atoms with E-state index in [9.17, 15) is 14.7 Å². The van der Waals surface area contributed by atoms with Gasteiger partial charge < -0.3 is 19.5 Å². The molecule has 0 saturated carbocycles. The average Bonchev–Trinajstić information content (AvgIpc) is 3.94. The van der Waals surface area contributed by atoms with Crippen molar-refractivity contribution in [2.45, 2.75) is 56.1 Å². The number of benzene rings is 5. The number of carbonyl (C=O) groups is 2. The number of anilines is 3. The largest absolute Gasteiger partial charge is 0.497 e. The third kappa shape index (κ3) is 5.36. The number of aryl methyl sites for hydroxylation is 1. The standard InChI is InChI=1S/C45H45N5O5Si/c1-28-42(56(4,5)33-20-18-32(54-3)19-21-33)40(23-24-49-26-37(46-47-49)35(27-51)29-11-7-6-8-12-29)55-45(28)36-25-31(17-22-38(36)48(2)44(45)53)50-39-16-10-14-30-13-9-15-34(41(30)39)43(50)52/h6-22,25-26,28,35,40,42,51H,23-24,27H2,1-5H3/t28-,35?,40+,42-,45+/m1/s1. The Morgan fingerprint density at radius 2 is 1.68 bits per heavy atom. The van der Waals surface area contributed by atoms with Crippen molar-refractivity contribution in [2.24, 2.45) is 5.92 Å². The number of hydrogen-bond acceptors (Lipinski definition) is 7. The highest BCUT2D eigenvalue weighted by atomic mass is 28.3. The molecule has 10 nitrogen and oxygen atoms in total. The van der Waals surface area contributed by atoms with Crippen LogP contribution in [-0.2, 0) is 21.7 Å². The Labute approximate surface area is 327 Å². The molecule has 2 amide bonds. The Morgan fingerprint density at radius 3 is 2.41 bits per heavy atom. The number of ether oxygens (including phenoxy) is 2. The molecule has 1 N–H and O–H groups in total. The maximum atomic E-state index is 14.9. The van der Waals surface area contributed by atoms with Crippen molar-refractivity contribution in [1.29, 1.82) is 0 Å². The van der Waals surface area contributed by atoms with Gasteiger partial charge in [0, 0.05) is 42.3 Å². The summed E-state index contributed by atoms with van der Waals surface area (Å²) in [5, 5.41) is 22.5. The molecule has 0 radical (unpaired) electrons. The number of carbonyl (C=O) groups excluding carboxylic acids is 2. The number of fused-ring (bicyclic) bond motifs is 2. The van der Waals surface area contributed by atoms with Crippen LogP contribution < -0.4 is 19.7 Å². The van der Waals surface area contributed by atoms with Crippen molar-refractivity contribution in [3.8, 4) is 5.75 Å². The van der Waals surface area contributed by atoms with E-state index < -0.39 is 13.7 Å². The molecule has 3 aliphatic rings. The summed E-state index contributed by atoms with van der Waals surface area (Å²) in [5.74, 6) is 0.115. The minimum absolute atomic E-state index is 0.0202. The van der Waals surface area contributed by atoms with Gasteiger partial charge in [0.2, 0.25) is 0 Å². The van der Waals surface area contributed by atoms with E-state index in [1.807, 2.05) is 115 Å². The molecule has 5 atom stereocenters. The molecule has 5 aromatic carbocycles. The molecule has 4 heterocycles. The first kappa shape index (κ1) is 36.0. The van der Waals surface area contributed by atoms with Crippen LogP contribution in [0.25, 0.3) is 10.8 Å². The summed E-state index contributed by atoms with van der Waals surface area (Å²) in [7, 11) is 1.10. The van der Waals surface area contributed by atoms with Crippen molar-refractivity contribution in [1.82, 2.24) is 15.0 Å². The lowest BCUT2D eigenvalue weighted by Gasteiger charge is -2.37. The average molecular weight is 764 g/mol. The number of rotatable bonds is 10. The fourth-order valence-electron chi connectivity index (χ4n) is 9.89. The second-order valence-electron chi connectivity index (χ2n) is 15.9. The van der Waals surface area contributed by atoms with Gasteiger partial charge >= 0.3 is 0 Å². The van der Waals surface area contributed by atoms with E-state index >= 15 is 0 Å². The molecule has 284 valence electrons. The van der Waals surface area contributed by atoms with Gasteiger partial charge in [-0.2, -0.15) is 0 Å². The molecular formula is C45H45N5O5Si. The fourth-order valence-corrected chi connectivity index (χ4v) is 13.9. The van der Waals surface area contributed by atoms with E-state index in [2.05, 4.69) is 42.5 Å². The first-order chi connectivity index (χ1) is 27.1. The zero-order chi connectivity index (χ0) is 38.9. The predicted octanol–water partition coefficient (Wildman–Crippen LogP) is 7.14. The fraction of sp³-hybridized carbons (Fsp3) is 0.289. The van der Waals surface area contributed by atoms with Crippen molar-refractivity contribution in [3.63, 3.8) is 0 Å². The quantitative estimate of drug-likeness (QED) is 0.148. The molecule has 56 heavy (non-hydrogen) atoms. The van der Waals surface area contributed by atoms with Gasteiger partial charge in [-0.25, -0.2) is 0 Å². The van der Waals surface area contributed by atoms with Gasteiger partial charge in [0.05, 0.1) is 56.4 Å². The molecule has 1 aromatic heterocycles. The highest BCUT2D eigenvalue weighted by molar-refractivity contribution is 6.91. The van der Waals surface area contributed by atoms with Crippen molar-refractivity contribution < 1.29 is 24.2 Å². The van der Waals surface area contributed by atoms with Gasteiger partial charge in [-0.3, -0.25) is 19.2 Å². The molecule has 0 bridgehead atoms. The second-order valence-corrected chi connectivity index (χ2v) is 20.6.